The SMILES string of the molecule is O=S(=O)(c1cccc2cncc(Br)c12)N1CC2CNCC2C1. The van der Waals surface area contributed by atoms with E-state index in [9.17, 15) is 8.42 Å². The van der Waals surface area contributed by atoms with Crippen LogP contribution >= 0.6 is 15.9 Å². The van der Waals surface area contributed by atoms with Crippen LogP contribution in [0.4, 0.5) is 0 Å². The van der Waals surface area contributed by atoms with Gasteiger partial charge in [-0.2, -0.15) is 4.31 Å². The van der Waals surface area contributed by atoms with Gasteiger partial charge in [0, 0.05) is 40.7 Å². The van der Waals surface area contributed by atoms with Gasteiger partial charge in [0.05, 0.1) is 4.90 Å². The first-order chi connectivity index (χ1) is 10.6. The summed E-state index contributed by atoms with van der Waals surface area (Å²) in [6, 6.07) is 5.35. The number of hydrogen-bond acceptors (Lipinski definition) is 4. The maximum absolute atomic E-state index is 13.1. The molecule has 22 heavy (non-hydrogen) atoms. The van der Waals surface area contributed by atoms with Crippen LogP contribution in [-0.2, 0) is 10.0 Å². The van der Waals surface area contributed by atoms with Crippen LogP contribution in [0.1, 0.15) is 0 Å². The summed E-state index contributed by atoms with van der Waals surface area (Å²) in [6.45, 7) is 3.05. The molecule has 2 saturated heterocycles. The number of hydrogen-bond donors (Lipinski definition) is 1. The number of benzene rings is 1. The van der Waals surface area contributed by atoms with Crippen molar-refractivity contribution in [3.05, 3.63) is 35.1 Å². The van der Waals surface area contributed by atoms with E-state index >= 15 is 0 Å². The standard InChI is InChI=1S/C15H16BrN3O2S/c16-13-7-18-4-10-2-1-3-14(15(10)13)22(20,21)19-8-11-5-17-6-12(11)9-19/h1-4,7,11-12,17H,5-6,8-9H2. The minimum absolute atomic E-state index is 0.368. The molecular formula is C15H16BrN3O2S. The smallest absolute Gasteiger partial charge is 0.243 e. The van der Waals surface area contributed by atoms with Crippen molar-refractivity contribution < 1.29 is 8.42 Å². The molecule has 2 atom stereocenters. The largest absolute Gasteiger partial charge is 0.316 e. The lowest BCUT2D eigenvalue weighted by atomic mass is 10.0. The molecule has 2 aromatic rings. The fourth-order valence-electron chi connectivity index (χ4n) is 3.52. The molecule has 0 bridgehead atoms. The van der Waals surface area contributed by atoms with E-state index in [4.69, 9.17) is 0 Å². The molecule has 1 aromatic heterocycles. The molecule has 4 rings (SSSR count). The van der Waals surface area contributed by atoms with E-state index in [1.165, 1.54) is 0 Å². The minimum atomic E-state index is -3.48. The zero-order valence-electron chi connectivity index (χ0n) is 11.9. The van der Waals surface area contributed by atoms with Crippen LogP contribution in [0.25, 0.3) is 10.8 Å². The van der Waals surface area contributed by atoms with Crippen LogP contribution in [0.2, 0.25) is 0 Å². The van der Waals surface area contributed by atoms with Crippen LogP contribution in [-0.4, -0.2) is 43.9 Å². The Morgan fingerprint density at radius 3 is 2.64 bits per heavy atom. The first kappa shape index (κ1) is 14.6. The maximum Gasteiger partial charge on any atom is 0.243 e. The van der Waals surface area contributed by atoms with Gasteiger partial charge < -0.3 is 5.32 Å². The highest BCUT2D eigenvalue weighted by atomic mass is 79.9. The zero-order chi connectivity index (χ0) is 15.3. The second-order valence-electron chi connectivity index (χ2n) is 5.98. The van der Waals surface area contributed by atoms with Crippen molar-refractivity contribution in [1.29, 1.82) is 0 Å². The topological polar surface area (TPSA) is 62.3 Å². The summed E-state index contributed by atoms with van der Waals surface area (Å²) in [4.78, 5) is 4.48. The highest BCUT2D eigenvalue weighted by Crippen LogP contribution is 2.35. The number of rotatable bonds is 2. The summed E-state index contributed by atoms with van der Waals surface area (Å²) in [5.41, 5.74) is 0. The van der Waals surface area contributed by atoms with E-state index in [0.717, 1.165) is 18.5 Å². The number of pyridine rings is 1. The third kappa shape index (κ3) is 2.19. The van der Waals surface area contributed by atoms with Gasteiger partial charge in [0.15, 0.2) is 0 Å². The van der Waals surface area contributed by atoms with Gasteiger partial charge in [0.2, 0.25) is 10.0 Å². The number of halogens is 1. The lowest BCUT2D eigenvalue weighted by molar-refractivity contribution is 0.448. The predicted octanol–water partition coefficient (Wildman–Crippen LogP) is 1.84. The summed E-state index contributed by atoms with van der Waals surface area (Å²) >= 11 is 3.44. The van der Waals surface area contributed by atoms with Crippen molar-refractivity contribution in [2.24, 2.45) is 11.8 Å². The summed E-state index contributed by atoms with van der Waals surface area (Å²) in [5.74, 6) is 0.879. The molecule has 0 radical (unpaired) electrons. The third-order valence-corrected chi connectivity index (χ3v) is 7.15. The molecule has 1 aromatic carbocycles. The van der Waals surface area contributed by atoms with Gasteiger partial charge in [-0.1, -0.05) is 12.1 Å². The van der Waals surface area contributed by atoms with E-state index in [2.05, 4.69) is 26.2 Å². The van der Waals surface area contributed by atoms with E-state index < -0.39 is 10.0 Å². The van der Waals surface area contributed by atoms with Crippen molar-refractivity contribution in [1.82, 2.24) is 14.6 Å². The predicted molar refractivity (Wildman–Crippen MR) is 88.1 cm³/mol. The van der Waals surface area contributed by atoms with Gasteiger partial charge in [-0.3, -0.25) is 4.98 Å². The lowest BCUT2D eigenvalue weighted by Gasteiger charge is -2.19. The van der Waals surface area contributed by atoms with Crippen LogP contribution in [0.15, 0.2) is 40.0 Å². The summed E-state index contributed by atoms with van der Waals surface area (Å²) in [7, 11) is -3.48. The maximum atomic E-state index is 13.1. The molecule has 0 aliphatic carbocycles. The minimum Gasteiger partial charge on any atom is -0.316 e. The number of aromatic nitrogens is 1. The average Bonchev–Trinajstić information content (AvgIpc) is 3.08. The van der Waals surface area contributed by atoms with Gasteiger partial charge in [0.25, 0.3) is 0 Å². The van der Waals surface area contributed by atoms with Crippen molar-refractivity contribution in [3.8, 4) is 0 Å². The fourth-order valence-corrected chi connectivity index (χ4v) is 6.00. The molecule has 0 saturated carbocycles. The molecule has 2 aliphatic rings. The Bertz CT molecular complexity index is 823. The molecule has 2 aliphatic heterocycles. The molecule has 2 unspecified atom stereocenters. The molecule has 1 N–H and O–H groups in total. The highest BCUT2D eigenvalue weighted by Gasteiger charge is 2.41. The van der Waals surface area contributed by atoms with E-state index in [-0.39, 0.29) is 0 Å². The molecular weight excluding hydrogens is 366 g/mol. The Labute approximate surface area is 137 Å². The third-order valence-electron chi connectivity index (χ3n) is 4.67. The van der Waals surface area contributed by atoms with Gasteiger partial charge in [-0.25, -0.2) is 8.42 Å². The molecule has 0 spiro atoms. The van der Waals surface area contributed by atoms with Crippen molar-refractivity contribution in [2.75, 3.05) is 26.2 Å². The normalized spacial score (nSPS) is 25.7. The fraction of sp³-hybridized carbons (Fsp3) is 0.400. The van der Waals surface area contributed by atoms with Crippen LogP contribution < -0.4 is 5.32 Å². The Hall–Kier alpha value is -1.02. The summed E-state index contributed by atoms with van der Waals surface area (Å²) in [6.07, 6.45) is 3.34. The lowest BCUT2D eigenvalue weighted by Crippen LogP contribution is -2.32. The molecule has 3 heterocycles. The van der Waals surface area contributed by atoms with Crippen LogP contribution in [0.5, 0.6) is 0 Å². The Balaban J connectivity index is 1.81. The van der Waals surface area contributed by atoms with Crippen molar-refractivity contribution >= 4 is 36.7 Å². The van der Waals surface area contributed by atoms with Crippen molar-refractivity contribution in [3.63, 3.8) is 0 Å². The number of nitrogens with one attached hydrogen (secondary N) is 1. The van der Waals surface area contributed by atoms with E-state index in [0.29, 0.717) is 39.7 Å². The highest BCUT2D eigenvalue weighted by molar-refractivity contribution is 9.10. The first-order valence-electron chi connectivity index (χ1n) is 7.30. The van der Waals surface area contributed by atoms with Crippen LogP contribution in [0, 0.1) is 11.8 Å². The Morgan fingerprint density at radius 2 is 1.91 bits per heavy atom. The van der Waals surface area contributed by atoms with Crippen molar-refractivity contribution in [2.45, 2.75) is 4.90 Å². The van der Waals surface area contributed by atoms with Crippen LogP contribution in [0.3, 0.4) is 0 Å². The Kier molecular flexibility index (Phi) is 3.48. The number of fused-ring (bicyclic) bond motifs is 2. The summed E-state index contributed by atoms with van der Waals surface area (Å²) < 4.78 is 28.5. The zero-order valence-corrected chi connectivity index (χ0v) is 14.3. The molecule has 7 heteroatoms. The molecule has 0 amide bonds. The average molecular weight is 382 g/mol. The Morgan fingerprint density at radius 1 is 1.18 bits per heavy atom. The number of sulfonamides is 1. The van der Waals surface area contributed by atoms with E-state index in [1.807, 2.05) is 6.07 Å². The summed E-state index contributed by atoms with van der Waals surface area (Å²) in [5, 5.41) is 4.88. The van der Waals surface area contributed by atoms with Gasteiger partial charge in [-0.05, 0) is 46.9 Å². The number of nitrogens with zero attached hydrogens (tertiary/aromatic N) is 2. The van der Waals surface area contributed by atoms with Gasteiger partial charge in [-0.15, -0.1) is 0 Å². The molecule has 116 valence electrons. The van der Waals surface area contributed by atoms with E-state index in [1.54, 1.807) is 28.8 Å². The molecule has 2 fully saturated rings. The first-order valence-corrected chi connectivity index (χ1v) is 9.54. The van der Waals surface area contributed by atoms with Gasteiger partial charge >= 0.3 is 0 Å². The second kappa shape index (κ2) is 5.26. The monoisotopic (exact) mass is 381 g/mol. The quantitative estimate of drug-likeness (QED) is 0.861. The second-order valence-corrected chi connectivity index (χ2v) is 8.74. The van der Waals surface area contributed by atoms with Gasteiger partial charge in [0.1, 0.15) is 0 Å². The molecule has 5 nitrogen and oxygen atoms in total.